The summed E-state index contributed by atoms with van der Waals surface area (Å²) >= 11 is 0. The van der Waals surface area contributed by atoms with Crippen LogP contribution in [0.25, 0.3) is 0 Å². The molecule has 1 heterocycles. The van der Waals surface area contributed by atoms with E-state index in [1.165, 1.54) is 0 Å². The SMILES string of the molecule is CC.CCn1cc(C2(NC(=O)C(C)C)CC2)cn1. The second kappa shape index (κ2) is 6.03. The van der Waals surface area contributed by atoms with Crippen LogP contribution in [0.5, 0.6) is 0 Å². The van der Waals surface area contributed by atoms with E-state index in [2.05, 4.69) is 17.3 Å². The summed E-state index contributed by atoms with van der Waals surface area (Å²) in [5, 5.41) is 7.39. The van der Waals surface area contributed by atoms with E-state index in [1.807, 2.05) is 44.8 Å². The van der Waals surface area contributed by atoms with Crippen molar-refractivity contribution < 1.29 is 4.79 Å². The Morgan fingerprint density at radius 1 is 1.50 bits per heavy atom. The molecule has 102 valence electrons. The third-order valence-corrected chi connectivity index (χ3v) is 3.15. The van der Waals surface area contributed by atoms with Gasteiger partial charge in [-0.25, -0.2) is 0 Å². The van der Waals surface area contributed by atoms with E-state index in [0.29, 0.717) is 0 Å². The van der Waals surface area contributed by atoms with Crippen molar-refractivity contribution in [2.24, 2.45) is 5.92 Å². The molecule has 4 heteroatoms. The highest BCUT2D eigenvalue weighted by molar-refractivity contribution is 5.79. The van der Waals surface area contributed by atoms with Gasteiger partial charge in [0.1, 0.15) is 0 Å². The van der Waals surface area contributed by atoms with Gasteiger partial charge in [0.2, 0.25) is 5.91 Å². The van der Waals surface area contributed by atoms with E-state index < -0.39 is 0 Å². The molecule has 1 aromatic rings. The number of aryl methyl sites for hydroxylation is 1. The zero-order valence-electron chi connectivity index (χ0n) is 12.2. The molecule has 0 aromatic carbocycles. The first-order valence-corrected chi connectivity index (χ1v) is 6.92. The largest absolute Gasteiger partial charge is 0.346 e. The quantitative estimate of drug-likeness (QED) is 0.894. The summed E-state index contributed by atoms with van der Waals surface area (Å²) in [5.74, 6) is 0.167. The summed E-state index contributed by atoms with van der Waals surface area (Å²) in [6, 6.07) is 0. The van der Waals surface area contributed by atoms with E-state index in [9.17, 15) is 4.79 Å². The minimum Gasteiger partial charge on any atom is -0.346 e. The normalized spacial score (nSPS) is 15.9. The lowest BCUT2D eigenvalue weighted by atomic mass is 10.1. The van der Waals surface area contributed by atoms with Gasteiger partial charge in [-0.2, -0.15) is 5.10 Å². The Kier molecular flexibility index (Phi) is 4.93. The Labute approximate surface area is 110 Å². The van der Waals surface area contributed by atoms with Crippen LogP contribution in [0.4, 0.5) is 0 Å². The van der Waals surface area contributed by atoms with Crippen molar-refractivity contribution in [3.05, 3.63) is 18.0 Å². The van der Waals surface area contributed by atoms with Crippen molar-refractivity contribution in [1.29, 1.82) is 0 Å². The van der Waals surface area contributed by atoms with Gasteiger partial charge in [0.15, 0.2) is 0 Å². The molecule has 1 aliphatic rings. The number of hydrogen-bond acceptors (Lipinski definition) is 2. The number of nitrogens with one attached hydrogen (secondary N) is 1. The lowest BCUT2D eigenvalue weighted by Gasteiger charge is -2.17. The highest BCUT2D eigenvalue weighted by Gasteiger charge is 2.46. The van der Waals surface area contributed by atoms with Gasteiger partial charge in [-0.15, -0.1) is 0 Å². The molecular formula is C14H25N3O. The molecule has 1 saturated carbocycles. The molecule has 1 aromatic heterocycles. The van der Waals surface area contributed by atoms with E-state index >= 15 is 0 Å². The van der Waals surface area contributed by atoms with Gasteiger partial charge in [0.25, 0.3) is 0 Å². The molecule has 0 bridgehead atoms. The van der Waals surface area contributed by atoms with Crippen LogP contribution in [0, 0.1) is 5.92 Å². The fourth-order valence-electron chi connectivity index (χ4n) is 1.77. The minimum absolute atomic E-state index is 0.0405. The molecule has 2 rings (SSSR count). The molecule has 18 heavy (non-hydrogen) atoms. The molecule has 0 atom stereocenters. The van der Waals surface area contributed by atoms with Crippen LogP contribution in [-0.4, -0.2) is 15.7 Å². The van der Waals surface area contributed by atoms with Crippen molar-refractivity contribution >= 4 is 5.91 Å². The smallest absolute Gasteiger partial charge is 0.223 e. The fourth-order valence-corrected chi connectivity index (χ4v) is 1.77. The summed E-state index contributed by atoms with van der Waals surface area (Å²) in [4.78, 5) is 11.7. The zero-order valence-corrected chi connectivity index (χ0v) is 12.2. The number of nitrogens with zero attached hydrogens (tertiary/aromatic N) is 2. The van der Waals surface area contributed by atoms with Crippen molar-refractivity contribution in [2.45, 2.75) is 59.5 Å². The number of rotatable bonds is 4. The predicted molar refractivity (Wildman–Crippen MR) is 73.1 cm³/mol. The van der Waals surface area contributed by atoms with Gasteiger partial charge in [0, 0.05) is 24.2 Å². The molecule has 0 radical (unpaired) electrons. The summed E-state index contributed by atoms with van der Waals surface area (Å²) in [5.41, 5.74) is 1.03. The zero-order chi connectivity index (χ0) is 13.8. The van der Waals surface area contributed by atoms with Crippen LogP contribution in [0.15, 0.2) is 12.4 Å². The van der Waals surface area contributed by atoms with Crippen LogP contribution >= 0.6 is 0 Å². The first kappa shape index (κ1) is 14.7. The Balaban J connectivity index is 0.000000771. The Hall–Kier alpha value is -1.32. The summed E-state index contributed by atoms with van der Waals surface area (Å²) < 4.78 is 1.90. The van der Waals surface area contributed by atoms with Gasteiger partial charge in [-0.1, -0.05) is 27.7 Å². The maximum absolute atomic E-state index is 11.7. The summed E-state index contributed by atoms with van der Waals surface area (Å²) in [6.45, 7) is 10.8. The fraction of sp³-hybridized carbons (Fsp3) is 0.714. The highest BCUT2D eigenvalue weighted by Crippen LogP contribution is 2.45. The molecule has 4 nitrogen and oxygen atoms in total. The van der Waals surface area contributed by atoms with E-state index in [-0.39, 0.29) is 17.4 Å². The number of carbonyl (C=O) groups excluding carboxylic acids is 1. The molecular weight excluding hydrogens is 226 g/mol. The molecule has 1 amide bonds. The standard InChI is InChI=1S/C12H19N3O.C2H6/c1-4-15-8-10(7-13-15)12(5-6-12)14-11(16)9(2)3;1-2/h7-9H,4-6H2,1-3H3,(H,14,16);1-2H3. The maximum Gasteiger partial charge on any atom is 0.223 e. The van der Waals surface area contributed by atoms with Crippen LogP contribution in [0.2, 0.25) is 0 Å². The van der Waals surface area contributed by atoms with E-state index in [1.54, 1.807) is 0 Å². The average Bonchev–Trinajstić information content (AvgIpc) is 2.99. The summed E-state index contributed by atoms with van der Waals surface area (Å²) in [6.07, 6.45) is 5.96. The predicted octanol–water partition coefficient (Wildman–Crippen LogP) is 2.69. The lowest BCUT2D eigenvalue weighted by molar-refractivity contribution is -0.125. The molecule has 0 spiro atoms. The highest BCUT2D eigenvalue weighted by atomic mass is 16.2. The second-order valence-electron chi connectivity index (χ2n) is 4.81. The van der Waals surface area contributed by atoms with Gasteiger partial charge >= 0.3 is 0 Å². The second-order valence-corrected chi connectivity index (χ2v) is 4.81. The number of carbonyl (C=O) groups is 1. The van der Waals surface area contributed by atoms with Crippen LogP contribution in [-0.2, 0) is 16.9 Å². The maximum atomic E-state index is 11.7. The Morgan fingerprint density at radius 2 is 2.11 bits per heavy atom. The molecule has 0 aliphatic heterocycles. The number of hydrogen-bond donors (Lipinski definition) is 1. The van der Waals surface area contributed by atoms with Crippen LogP contribution in [0.3, 0.4) is 0 Å². The van der Waals surface area contributed by atoms with Gasteiger partial charge in [0.05, 0.1) is 11.7 Å². The monoisotopic (exact) mass is 251 g/mol. The van der Waals surface area contributed by atoms with Crippen LogP contribution in [0.1, 0.15) is 53.0 Å². The van der Waals surface area contributed by atoms with E-state index in [0.717, 1.165) is 24.9 Å². The molecule has 0 saturated heterocycles. The minimum atomic E-state index is -0.116. The van der Waals surface area contributed by atoms with E-state index in [4.69, 9.17) is 0 Å². The first-order valence-electron chi connectivity index (χ1n) is 6.92. The topological polar surface area (TPSA) is 46.9 Å². The van der Waals surface area contributed by atoms with Crippen molar-refractivity contribution in [1.82, 2.24) is 15.1 Å². The van der Waals surface area contributed by atoms with Crippen molar-refractivity contribution in [2.75, 3.05) is 0 Å². The average molecular weight is 251 g/mol. The number of aromatic nitrogens is 2. The van der Waals surface area contributed by atoms with Crippen molar-refractivity contribution in [3.8, 4) is 0 Å². The summed E-state index contributed by atoms with van der Waals surface area (Å²) in [7, 11) is 0. The van der Waals surface area contributed by atoms with Crippen LogP contribution < -0.4 is 5.32 Å². The molecule has 1 aliphatic carbocycles. The number of amides is 1. The van der Waals surface area contributed by atoms with Gasteiger partial charge in [-0.05, 0) is 19.8 Å². The van der Waals surface area contributed by atoms with Crippen molar-refractivity contribution in [3.63, 3.8) is 0 Å². The Bertz CT molecular complexity index is 391. The van der Waals surface area contributed by atoms with Gasteiger partial charge < -0.3 is 5.32 Å². The Morgan fingerprint density at radius 3 is 2.50 bits per heavy atom. The molecule has 0 unspecified atom stereocenters. The lowest BCUT2D eigenvalue weighted by Crippen LogP contribution is -2.37. The van der Waals surface area contributed by atoms with Gasteiger partial charge in [-0.3, -0.25) is 9.48 Å². The molecule has 1 fully saturated rings. The third-order valence-electron chi connectivity index (χ3n) is 3.15. The molecule has 1 N–H and O–H groups in total. The third kappa shape index (κ3) is 3.12. The first-order chi connectivity index (χ1) is 8.57.